The first-order valence-corrected chi connectivity index (χ1v) is 10.9. The molecular formula is C19H18N4O5S2. The Hall–Kier alpha value is -3.44. The Kier molecular flexibility index (Phi) is 6.33. The van der Waals surface area contributed by atoms with Crippen LogP contribution in [0.2, 0.25) is 0 Å². The molecule has 0 radical (unpaired) electrons. The largest absolute Gasteiger partial charge is 0.497 e. The molecule has 1 heterocycles. The highest BCUT2D eigenvalue weighted by Crippen LogP contribution is 2.29. The number of nitrogens with zero attached hydrogens (tertiary/aromatic N) is 2. The number of benzene rings is 2. The number of anilines is 2. The van der Waals surface area contributed by atoms with Crippen LogP contribution in [0.4, 0.5) is 17.1 Å². The number of rotatable bonds is 8. The summed E-state index contributed by atoms with van der Waals surface area (Å²) in [6, 6.07) is 11.8. The van der Waals surface area contributed by atoms with Gasteiger partial charge in [-0.15, -0.1) is 11.3 Å². The number of sulfonamides is 1. The van der Waals surface area contributed by atoms with E-state index in [-0.39, 0.29) is 10.6 Å². The Balaban J connectivity index is 1.83. The number of methoxy groups -OCH3 is 1. The van der Waals surface area contributed by atoms with E-state index in [9.17, 15) is 18.5 Å². The molecule has 0 saturated heterocycles. The van der Waals surface area contributed by atoms with Crippen molar-refractivity contribution in [1.82, 2.24) is 0 Å². The Labute approximate surface area is 177 Å². The van der Waals surface area contributed by atoms with Crippen LogP contribution in [0.25, 0.3) is 0 Å². The lowest BCUT2D eigenvalue weighted by Crippen LogP contribution is -2.13. The van der Waals surface area contributed by atoms with Crippen molar-refractivity contribution in [2.24, 2.45) is 5.10 Å². The molecule has 0 saturated carbocycles. The molecule has 0 fully saturated rings. The predicted molar refractivity (Wildman–Crippen MR) is 117 cm³/mol. The van der Waals surface area contributed by atoms with Gasteiger partial charge in [-0.05, 0) is 60.3 Å². The molecule has 1 aromatic heterocycles. The molecule has 30 heavy (non-hydrogen) atoms. The van der Waals surface area contributed by atoms with Gasteiger partial charge in [0.25, 0.3) is 15.7 Å². The minimum Gasteiger partial charge on any atom is -0.497 e. The Morgan fingerprint density at radius 2 is 1.90 bits per heavy atom. The van der Waals surface area contributed by atoms with Gasteiger partial charge >= 0.3 is 0 Å². The van der Waals surface area contributed by atoms with Gasteiger partial charge in [-0.1, -0.05) is 0 Å². The number of thiophene rings is 1. The molecular weight excluding hydrogens is 428 g/mol. The number of nitrogens with one attached hydrogen (secondary N) is 2. The van der Waals surface area contributed by atoms with E-state index in [0.717, 1.165) is 16.5 Å². The SMILES string of the molecule is COc1ccc(NS(=O)(=O)c2ccc(N/N=C\c3sccc3C)c([N+](=O)[O-])c2)cc1. The van der Waals surface area contributed by atoms with E-state index in [0.29, 0.717) is 11.4 Å². The highest BCUT2D eigenvalue weighted by atomic mass is 32.2. The maximum Gasteiger partial charge on any atom is 0.295 e. The molecule has 0 unspecified atom stereocenters. The van der Waals surface area contributed by atoms with Crippen molar-refractivity contribution in [3.8, 4) is 5.75 Å². The van der Waals surface area contributed by atoms with E-state index < -0.39 is 20.6 Å². The van der Waals surface area contributed by atoms with Crippen molar-refractivity contribution < 1.29 is 18.1 Å². The second kappa shape index (κ2) is 8.93. The van der Waals surface area contributed by atoms with Crippen LogP contribution < -0.4 is 14.9 Å². The first kappa shape index (κ1) is 21.3. The van der Waals surface area contributed by atoms with Crippen molar-refractivity contribution in [3.05, 3.63) is 74.5 Å². The molecule has 9 nitrogen and oxygen atoms in total. The smallest absolute Gasteiger partial charge is 0.295 e. The number of nitro benzene ring substituents is 1. The summed E-state index contributed by atoms with van der Waals surface area (Å²) < 4.78 is 32.7. The third-order valence-corrected chi connectivity index (χ3v) is 6.42. The number of aryl methyl sites for hydroxylation is 1. The monoisotopic (exact) mass is 446 g/mol. The number of ether oxygens (including phenoxy) is 1. The molecule has 3 rings (SSSR count). The molecule has 156 valence electrons. The zero-order chi connectivity index (χ0) is 21.7. The third-order valence-electron chi connectivity index (χ3n) is 4.09. The van der Waals surface area contributed by atoms with E-state index in [1.807, 2.05) is 18.4 Å². The summed E-state index contributed by atoms with van der Waals surface area (Å²) in [5.41, 5.74) is 3.61. The molecule has 2 N–H and O–H groups in total. The van der Waals surface area contributed by atoms with E-state index in [1.165, 1.54) is 42.7 Å². The normalized spacial score (nSPS) is 11.4. The van der Waals surface area contributed by atoms with Crippen LogP contribution in [0.1, 0.15) is 10.4 Å². The first-order chi connectivity index (χ1) is 14.3. The van der Waals surface area contributed by atoms with Crippen molar-refractivity contribution in [3.63, 3.8) is 0 Å². The first-order valence-electron chi connectivity index (χ1n) is 8.58. The molecule has 0 spiro atoms. The summed E-state index contributed by atoms with van der Waals surface area (Å²) in [7, 11) is -2.53. The Morgan fingerprint density at radius 1 is 1.17 bits per heavy atom. The van der Waals surface area contributed by atoms with E-state index in [1.54, 1.807) is 18.3 Å². The van der Waals surface area contributed by atoms with Crippen molar-refractivity contribution >= 4 is 44.6 Å². The van der Waals surface area contributed by atoms with Crippen LogP contribution >= 0.6 is 11.3 Å². The fourth-order valence-corrected chi connectivity index (χ4v) is 4.34. The highest BCUT2D eigenvalue weighted by molar-refractivity contribution is 7.92. The third kappa shape index (κ3) is 4.93. The molecule has 0 aliphatic carbocycles. The fraction of sp³-hybridized carbons (Fsp3) is 0.105. The quantitative estimate of drug-likeness (QED) is 0.303. The number of hydrazone groups is 1. The molecule has 2 aromatic carbocycles. The highest BCUT2D eigenvalue weighted by Gasteiger charge is 2.21. The second-order valence-corrected chi connectivity index (χ2v) is 8.74. The number of nitro groups is 1. The molecule has 11 heteroatoms. The number of hydrogen-bond acceptors (Lipinski definition) is 8. The van der Waals surface area contributed by atoms with Gasteiger partial charge in [-0.3, -0.25) is 20.3 Å². The van der Waals surface area contributed by atoms with Gasteiger partial charge in [-0.2, -0.15) is 5.10 Å². The van der Waals surface area contributed by atoms with Crippen molar-refractivity contribution in [1.29, 1.82) is 0 Å². The average Bonchev–Trinajstić information content (AvgIpc) is 3.13. The van der Waals surface area contributed by atoms with Crippen LogP contribution in [0.3, 0.4) is 0 Å². The van der Waals surface area contributed by atoms with Gasteiger partial charge in [0.1, 0.15) is 11.4 Å². The van der Waals surface area contributed by atoms with Gasteiger partial charge < -0.3 is 4.74 Å². The summed E-state index contributed by atoms with van der Waals surface area (Å²) in [4.78, 5) is 11.5. The molecule has 0 bridgehead atoms. The summed E-state index contributed by atoms with van der Waals surface area (Å²) in [6.07, 6.45) is 1.56. The van der Waals surface area contributed by atoms with Gasteiger partial charge in [0.15, 0.2) is 0 Å². The van der Waals surface area contributed by atoms with E-state index in [4.69, 9.17) is 4.74 Å². The van der Waals surface area contributed by atoms with E-state index >= 15 is 0 Å². The van der Waals surface area contributed by atoms with Crippen molar-refractivity contribution in [2.75, 3.05) is 17.3 Å². The minimum atomic E-state index is -4.03. The summed E-state index contributed by atoms with van der Waals surface area (Å²) in [6.45, 7) is 1.93. The molecule has 0 amide bonds. The van der Waals surface area contributed by atoms with Crippen molar-refractivity contribution in [2.45, 2.75) is 11.8 Å². The predicted octanol–water partition coefficient (Wildman–Crippen LogP) is 4.22. The second-order valence-electron chi connectivity index (χ2n) is 6.11. The standard InChI is InChI=1S/C19H18N4O5S2/c1-13-9-10-29-19(13)12-20-21-17-8-7-16(11-18(17)23(24)25)30(26,27)22-14-3-5-15(28-2)6-4-14/h3-12,21-22H,1-2H3/b20-12-. The van der Waals surface area contributed by atoms with Crippen LogP contribution in [-0.4, -0.2) is 26.7 Å². The van der Waals surface area contributed by atoms with E-state index in [2.05, 4.69) is 15.2 Å². The van der Waals surface area contributed by atoms with Crippen LogP contribution in [-0.2, 0) is 10.0 Å². The van der Waals surface area contributed by atoms with Crippen LogP contribution in [0, 0.1) is 17.0 Å². The topological polar surface area (TPSA) is 123 Å². The molecule has 0 aliphatic rings. The average molecular weight is 447 g/mol. The lowest BCUT2D eigenvalue weighted by molar-refractivity contribution is -0.384. The Morgan fingerprint density at radius 3 is 2.50 bits per heavy atom. The van der Waals surface area contributed by atoms with Crippen LogP contribution in [0.5, 0.6) is 5.75 Å². The molecule has 3 aromatic rings. The summed E-state index contributed by atoms with van der Waals surface area (Å²) in [5, 5.41) is 17.4. The maximum atomic E-state index is 12.6. The lowest BCUT2D eigenvalue weighted by Gasteiger charge is -2.10. The maximum absolute atomic E-state index is 12.6. The lowest BCUT2D eigenvalue weighted by atomic mass is 10.3. The number of hydrogen-bond donors (Lipinski definition) is 2. The van der Waals surface area contributed by atoms with Gasteiger partial charge in [0, 0.05) is 16.6 Å². The molecule has 0 atom stereocenters. The zero-order valence-corrected chi connectivity index (χ0v) is 17.7. The van der Waals surface area contributed by atoms with Gasteiger partial charge in [0.05, 0.1) is 23.1 Å². The Bertz CT molecular complexity index is 1190. The van der Waals surface area contributed by atoms with Gasteiger partial charge in [-0.25, -0.2) is 8.42 Å². The van der Waals surface area contributed by atoms with Crippen LogP contribution in [0.15, 0.2) is 63.9 Å². The zero-order valence-electron chi connectivity index (χ0n) is 16.0. The van der Waals surface area contributed by atoms with Gasteiger partial charge in [0.2, 0.25) is 0 Å². The molecule has 0 aliphatic heterocycles. The fourth-order valence-electron chi connectivity index (χ4n) is 2.47. The minimum absolute atomic E-state index is 0.0776. The summed E-state index contributed by atoms with van der Waals surface area (Å²) in [5.74, 6) is 0.572. The summed E-state index contributed by atoms with van der Waals surface area (Å²) >= 11 is 1.49.